The highest BCUT2D eigenvalue weighted by molar-refractivity contribution is 6.03. The lowest BCUT2D eigenvalue weighted by atomic mass is 10.1. The Hall–Kier alpha value is -3.48. The molecule has 0 aliphatic heterocycles. The van der Waals surface area contributed by atoms with Gasteiger partial charge in [-0.05, 0) is 30.2 Å². The highest BCUT2D eigenvalue weighted by Gasteiger charge is 2.16. The predicted octanol–water partition coefficient (Wildman–Crippen LogP) is 3.32. The number of non-ortho nitro benzene ring substituents is 1. The van der Waals surface area contributed by atoms with E-state index in [1.54, 1.807) is 36.4 Å². The molecular weight excluding hydrogens is 336 g/mol. The number of hydrogen-bond donors (Lipinski definition) is 1. The van der Waals surface area contributed by atoms with E-state index in [0.717, 1.165) is 0 Å². The van der Waals surface area contributed by atoms with Crippen molar-refractivity contribution < 1.29 is 19.2 Å². The number of rotatable bonds is 7. The predicted molar refractivity (Wildman–Crippen MR) is 96.2 cm³/mol. The fourth-order valence-electron chi connectivity index (χ4n) is 2.10. The number of nitrogens with zero attached hydrogens (tertiary/aromatic N) is 1. The van der Waals surface area contributed by atoms with Crippen molar-refractivity contribution in [2.24, 2.45) is 0 Å². The molecule has 0 atom stereocenters. The lowest BCUT2D eigenvalue weighted by Gasteiger charge is -2.10. The standard InChI is InChI=1S/C19H18N2O5/c1-2-11-26-19(23)17(20-18(22)15-8-4-3-5-9-15)13-14-7-6-10-16(12-14)21(24)25/h3-10,12-13H,2,11H2,1H3,(H,20,22). The van der Waals surface area contributed by atoms with Crippen LogP contribution >= 0.6 is 0 Å². The average molecular weight is 354 g/mol. The first-order valence-corrected chi connectivity index (χ1v) is 8.01. The smallest absolute Gasteiger partial charge is 0.354 e. The Bertz CT molecular complexity index is 831. The molecule has 2 aromatic carbocycles. The molecule has 7 nitrogen and oxygen atoms in total. The quantitative estimate of drug-likeness (QED) is 0.356. The van der Waals surface area contributed by atoms with Gasteiger partial charge in [0.2, 0.25) is 0 Å². The maximum atomic E-state index is 12.3. The average Bonchev–Trinajstić information content (AvgIpc) is 2.66. The molecule has 0 spiro atoms. The number of hydrogen-bond acceptors (Lipinski definition) is 5. The normalized spacial score (nSPS) is 10.9. The molecule has 0 radical (unpaired) electrons. The van der Waals surface area contributed by atoms with Gasteiger partial charge >= 0.3 is 5.97 Å². The molecule has 1 amide bonds. The van der Waals surface area contributed by atoms with Gasteiger partial charge in [0.1, 0.15) is 5.70 Å². The molecule has 0 fully saturated rings. The number of esters is 1. The summed E-state index contributed by atoms with van der Waals surface area (Å²) >= 11 is 0. The van der Waals surface area contributed by atoms with E-state index in [1.807, 2.05) is 6.92 Å². The van der Waals surface area contributed by atoms with E-state index in [1.165, 1.54) is 24.3 Å². The molecule has 134 valence electrons. The van der Waals surface area contributed by atoms with Gasteiger partial charge in [0, 0.05) is 17.7 Å². The molecule has 0 aromatic heterocycles. The first-order valence-electron chi connectivity index (χ1n) is 8.01. The van der Waals surface area contributed by atoms with E-state index in [4.69, 9.17) is 4.74 Å². The van der Waals surface area contributed by atoms with E-state index in [2.05, 4.69) is 5.32 Å². The lowest BCUT2D eigenvalue weighted by Crippen LogP contribution is -2.28. The van der Waals surface area contributed by atoms with Crippen LogP contribution in [0.2, 0.25) is 0 Å². The van der Waals surface area contributed by atoms with E-state index in [0.29, 0.717) is 17.5 Å². The Morgan fingerprint density at radius 3 is 2.54 bits per heavy atom. The van der Waals surface area contributed by atoms with Gasteiger partial charge in [0.05, 0.1) is 11.5 Å². The molecule has 0 unspecified atom stereocenters. The monoisotopic (exact) mass is 354 g/mol. The zero-order valence-corrected chi connectivity index (χ0v) is 14.2. The highest BCUT2D eigenvalue weighted by Crippen LogP contribution is 2.16. The summed E-state index contributed by atoms with van der Waals surface area (Å²) in [5, 5.41) is 13.4. The number of nitro benzene ring substituents is 1. The summed E-state index contributed by atoms with van der Waals surface area (Å²) in [6.45, 7) is 2.05. The summed E-state index contributed by atoms with van der Waals surface area (Å²) in [6.07, 6.45) is 1.98. The second-order valence-corrected chi connectivity index (χ2v) is 5.37. The molecule has 26 heavy (non-hydrogen) atoms. The van der Waals surface area contributed by atoms with Crippen LogP contribution in [0.4, 0.5) is 5.69 Å². The summed E-state index contributed by atoms with van der Waals surface area (Å²) < 4.78 is 5.08. The molecule has 0 saturated carbocycles. The van der Waals surface area contributed by atoms with Crippen LogP contribution in [-0.2, 0) is 9.53 Å². The van der Waals surface area contributed by atoms with E-state index in [-0.39, 0.29) is 18.0 Å². The minimum atomic E-state index is -0.706. The van der Waals surface area contributed by atoms with Crippen molar-refractivity contribution in [3.05, 3.63) is 81.5 Å². The molecule has 1 N–H and O–H groups in total. The van der Waals surface area contributed by atoms with Crippen LogP contribution in [0.25, 0.3) is 6.08 Å². The van der Waals surface area contributed by atoms with Gasteiger partial charge in [-0.3, -0.25) is 14.9 Å². The molecule has 0 heterocycles. The van der Waals surface area contributed by atoms with Crippen molar-refractivity contribution in [1.29, 1.82) is 0 Å². The second kappa shape index (κ2) is 9.12. The third-order valence-corrected chi connectivity index (χ3v) is 3.33. The summed E-state index contributed by atoms with van der Waals surface area (Å²) in [5.74, 6) is -1.18. The number of nitrogens with one attached hydrogen (secondary N) is 1. The van der Waals surface area contributed by atoms with Gasteiger partial charge in [-0.2, -0.15) is 0 Å². The Balaban J connectivity index is 2.31. The fraction of sp³-hybridized carbons (Fsp3) is 0.158. The summed E-state index contributed by atoms with van der Waals surface area (Å²) in [4.78, 5) is 35.0. The number of nitro groups is 1. The Kier molecular flexibility index (Phi) is 6.61. The number of carbonyl (C=O) groups excluding carboxylic acids is 2. The molecule has 0 aliphatic rings. The number of ether oxygens (including phenoxy) is 1. The molecule has 0 aliphatic carbocycles. The third kappa shape index (κ3) is 5.27. The topological polar surface area (TPSA) is 98.5 Å². The number of carbonyl (C=O) groups is 2. The SMILES string of the molecule is CCCOC(=O)C(=Cc1cccc([N+](=O)[O-])c1)NC(=O)c1ccccc1. The zero-order chi connectivity index (χ0) is 18.9. The minimum Gasteiger partial charge on any atom is -0.461 e. The molecule has 2 rings (SSSR count). The van der Waals surface area contributed by atoms with Gasteiger partial charge in [-0.1, -0.05) is 37.3 Å². The van der Waals surface area contributed by atoms with Crippen LogP contribution in [-0.4, -0.2) is 23.4 Å². The van der Waals surface area contributed by atoms with Crippen LogP contribution in [0.15, 0.2) is 60.3 Å². The van der Waals surface area contributed by atoms with Crippen molar-refractivity contribution in [2.75, 3.05) is 6.61 Å². The van der Waals surface area contributed by atoms with Crippen LogP contribution in [0.1, 0.15) is 29.3 Å². The van der Waals surface area contributed by atoms with Crippen molar-refractivity contribution >= 4 is 23.6 Å². The fourth-order valence-corrected chi connectivity index (χ4v) is 2.10. The van der Waals surface area contributed by atoms with E-state index >= 15 is 0 Å². The maximum Gasteiger partial charge on any atom is 0.354 e. The van der Waals surface area contributed by atoms with E-state index in [9.17, 15) is 19.7 Å². The van der Waals surface area contributed by atoms with Crippen molar-refractivity contribution in [3.8, 4) is 0 Å². The zero-order valence-electron chi connectivity index (χ0n) is 14.2. The van der Waals surface area contributed by atoms with Gasteiger partial charge in [-0.25, -0.2) is 4.79 Å². The van der Waals surface area contributed by atoms with E-state index < -0.39 is 16.8 Å². The third-order valence-electron chi connectivity index (χ3n) is 3.33. The van der Waals surface area contributed by atoms with Gasteiger partial charge in [0.15, 0.2) is 0 Å². The summed E-state index contributed by atoms with van der Waals surface area (Å²) in [7, 11) is 0. The van der Waals surface area contributed by atoms with Crippen LogP contribution in [0, 0.1) is 10.1 Å². The van der Waals surface area contributed by atoms with Gasteiger partial charge < -0.3 is 10.1 Å². The molecule has 0 saturated heterocycles. The first kappa shape index (κ1) is 18.9. The summed E-state index contributed by atoms with van der Waals surface area (Å²) in [6, 6.07) is 14.1. The first-order chi connectivity index (χ1) is 12.5. The second-order valence-electron chi connectivity index (χ2n) is 5.37. The molecule has 0 bridgehead atoms. The van der Waals surface area contributed by atoms with Crippen molar-refractivity contribution in [3.63, 3.8) is 0 Å². The van der Waals surface area contributed by atoms with Crippen LogP contribution in [0.3, 0.4) is 0 Å². The highest BCUT2D eigenvalue weighted by atomic mass is 16.6. The van der Waals surface area contributed by atoms with Crippen LogP contribution in [0.5, 0.6) is 0 Å². The summed E-state index contributed by atoms with van der Waals surface area (Å²) in [5.41, 5.74) is 0.568. The minimum absolute atomic E-state index is 0.0900. The number of amides is 1. The molecular formula is C19H18N2O5. The van der Waals surface area contributed by atoms with Crippen molar-refractivity contribution in [2.45, 2.75) is 13.3 Å². The van der Waals surface area contributed by atoms with Crippen LogP contribution < -0.4 is 5.32 Å². The molecule has 7 heteroatoms. The Morgan fingerprint density at radius 2 is 1.88 bits per heavy atom. The molecule has 2 aromatic rings. The Labute approximate surface area is 150 Å². The Morgan fingerprint density at radius 1 is 1.15 bits per heavy atom. The number of benzene rings is 2. The van der Waals surface area contributed by atoms with Gasteiger partial charge in [-0.15, -0.1) is 0 Å². The van der Waals surface area contributed by atoms with Crippen molar-refractivity contribution in [1.82, 2.24) is 5.32 Å². The largest absolute Gasteiger partial charge is 0.461 e. The van der Waals surface area contributed by atoms with Gasteiger partial charge in [0.25, 0.3) is 11.6 Å². The maximum absolute atomic E-state index is 12.3. The lowest BCUT2D eigenvalue weighted by molar-refractivity contribution is -0.384.